The smallest absolute Gasteiger partial charge is 0.410 e. The summed E-state index contributed by atoms with van der Waals surface area (Å²) in [4.78, 5) is 33.0. The van der Waals surface area contributed by atoms with Gasteiger partial charge in [-0.25, -0.2) is 9.86 Å². The van der Waals surface area contributed by atoms with Gasteiger partial charge >= 0.3 is 6.09 Å². The van der Waals surface area contributed by atoms with Gasteiger partial charge in [0.05, 0.1) is 7.11 Å². The first-order chi connectivity index (χ1) is 15.5. The molecule has 0 aliphatic heterocycles. The summed E-state index contributed by atoms with van der Waals surface area (Å²) in [6.07, 6.45) is -0.589. The summed E-state index contributed by atoms with van der Waals surface area (Å²) in [7, 11) is 4.53. The highest BCUT2D eigenvalue weighted by Gasteiger charge is 2.39. The minimum absolute atomic E-state index is 0.117. The van der Waals surface area contributed by atoms with Crippen LogP contribution >= 0.6 is 0 Å². The summed E-state index contributed by atoms with van der Waals surface area (Å²) < 4.78 is 5.53. The molecular formula is C26H28N2O4. The molecule has 0 unspecified atom stereocenters. The molecular weight excluding hydrogens is 404 g/mol. The molecule has 0 heterocycles. The molecule has 0 aromatic heterocycles. The van der Waals surface area contributed by atoms with E-state index in [4.69, 9.17) is 9.57 Å². The lowest BCUT2D eigenvalue weighted by molar-refractivity contribution is -0.174. The van der Waals surface area contributed by atoms with Gasteiger partial charge in [0.25, 0.3) is 5.91 Å². The first kappa shape index (κ1) is 23.0. The van der Waals surface area contributed by atoms with Crippen molar-refractivity contribution in [3.8, 4) is 0 Å². The molecule has 0 N–H and O–H groups in total. The van der Waals surface area contributed by atoms with Crippen molar-refractivity contribution >= 4 is 12.0 Å². The largest absolute Gasteiger partial charge is 0.445 e. The average Bonchev–Trinajstić information content (AvgIpc) is 2.86. The molecule has 3 aromatic rings. The summed E-state index contributed by atoms with van der Waals surface area (Å²) in [6.45, 7) is 0.117. The van der Waals surface area contributed by atoms with Crippen LogP contribution in [0.1, 0.15) is 22.6 Å². The lowest BCUT2D eigenvalue weighted by Crippen LogP contribution is -2.51. The zero-order valence-electron chi connectivity index (χ0n) is 18.5. The topological polar surface area (TPSA) is 59.1 Å². The fraction of sp³-hybridized carbons (Fsp3) is 0.231. The minimum Gasteiger partial charge on any atom is -0.445 e. The number of amides is 2. The first-order valence-electron chi connectivity index (χ1n) is 10.4. The first-order valence-corrected chi connectivity index (χ1v) is 10.4. The average molecular weight is 433 g/mol. The van der Waals surface area contributed by atoms with Crippen molar-refractivity contribution in [3.05, 3.63) is 108 Å². The predicted molar refractivity (Wildman–Crippen MR) is 123 cm³/mol. The van der Waals surface area contributed by atoms with Crippen LogP contribution in [0.3, 0.4) is 0 Å². The number of carbonyl (C=O) groups excluding carboxylic acids is 2. The lowest BCUT2D eigenvalue weighted by atomic mass is 9.84. The maximum Gasteiger partial charge on any atom is 0.410 e. The number of hydroxylamine groups is 2. The number of hydrogen-bond acceptors (Lipinski definition) is 4. The Morgan fingerprint density at radius 2 is 1.25 bits per heavy atom. The maximum absolute atomic E-state index is 13.4. The van der Waals surface area contributed by atoms with Crippen LogP contribution in [-0.4, -0.2) is 49.2 Å². The second-order valence-electron chi connectivity index (χ2n) is 7.41. The van der Waals surface area contributed by atoms with E-state index < -0.39 is 18.1 Å². The number of likely N-dealkylation sites (N-methyl/N-ethyl adjacent to an activating group) is 2. The Balaban J connectivity index is 1.97. The second kappa shape index (κ2) is 11.1. The van der Waals surface area contributed by atoms with Crippen LogP contribution in [0.5, 0.6) is 0 Å². The van der Waals surface area contributed by atoms with Gasteiger partial charge in [0.15, 0.2) is 0 Å². The van der Waals surface area contributed by atoms with E-state index in [2.05, 4.69) is 0 Å². The van der Waals surface area contributed by atoms with Crippen molar-refractivity contribution in [3.63, 3.8) is 0 Å². The van der Waals surface area contributed by atoms with Crippen molar-refractivity contribution < 1.29 is 19.2 Å². The fourth-order valence-corrected chi connectivity index (χ4v) is 3.62. The second-order valence-corrected chi connectivity index (χ2v) is 7.41. The van der Waals surface area contributed by atoms with E-state index in [1.54, 1.807) is 7.05 Å². The van der Waals surface area contributed by atoms with Crippen molar-refractivity contribution in [2.45, 2.75) is 18.6 Å². The fourth-order valence-electron chi connectivity index (χ4n) is 3.62. The van der Waals surface area contributed by atoms with Crippen molar-refractivity contribution in [1.29, 1.82) is 0 Å². The monoisotopic (exact) mass is 432 g/mol. The number of hydrogen-bond donors (Lipinski definition) is 0. The van der Waals surface area contributed by atoms with Crippen LogP contribution in [0.25, 0.3) is 0 Å². The van der Waals surface area contributed by atoms with Crippen LogP contribution in [-0.2, 0) is 21.0 Å². The molecule has 3 aromatic carbocycles. The number of rotatable bonds is 8. The molecule has 0 aliphatic rings. The Labute approximate surface area is 188 Å². The Hall–Kier alpha value is -3.64. The molecule has 6 nitrogen and oxygen atoms in total. The summed E-state index contributed by atoms with van der Waals surface area (Å²) in [5.74, 6) is -0.777. The lowest BCUT2D eigenvalue weighted by Gasteiger charge is -2.35. The van der Waals surface area contributed by atoms with Gasteiger partial charge in [0.2, 0.25) is 0 Å². The highest BCUT2D eigenvalue weighted by molar-refractivity contribution is 5.86. The van der Waals surface area contributed by atoms with E-state index in [9.17, 15) is 9.59 Å². The third-order valence-electron chi connectivity index (χ3n) is 5.38. The van der Waals surface area contributed by atoms with Crippen LogP contribution in [0.2, 0.25) is 0 Å². The number of nitrogens with zero attached hydrogens (tertiary/aromatic N) is 2. The van der Waals surface area contributed by atoms with Gasteiger partial charge in [-0.05, 0) is 16.7 Å². The molecule has 3 rings (SSSR count). The molecule has 0 spiro atoms. The van der Waals surface area contributed by atoms with Gasteiger partial charge in [0, 0.05) is 20.0 Å². The van der Waals surface area contributed by atoms with Gasteiger partial charge in [-0.2, -0.15) is 0 Å². The highest BCUT2D eigenvalue weighted by Crippen LogP contribution is 2.32. The summed E-state index contributed by atoms with van der Waals surface area (Å²) in [6, 6.07) is 27.9. The van der Waals surface area contributed by atoms with Crippen molar-refractivity contribution in [2.75, 3.05) is 21.2 Å². The molecule has 32 heavy (non-hydrogen) atoms. The van der Waals surface area contributed by atoms with E-state index >= 15 is 0 Å². The van der Waals surface area contributed by atoms with E-state index in [-0.39, 0.29) is 12.5 Å². The minimum atomic E-state index is -0.881. The van der Waals surface area contributed by atoms with Crippen molar-refractivity contribution in [2.24, 2.45) is 0 Å². The Bertz CT molecular complexity index is 957. The van der Waals surface area contributed by atoms with Gasteiger partial charge in [-0.3, -0.25) is 14.5 Å². The molecule has 2 amide bonds. The maximum atomic E-state index is 13.4. The molecule has 0 saturated heterocycles. The molecule has 0 fully saturated rings. The number of ether oxygens (including phenoxy) is 1. The summed E-state index contributed by atoms with van der Waals surface area (Å²) >= 11 is 0. The van der Waals surface area contributed by atoms with Gasteiger partial charge in [-0.1, -0.05) is 91.0 Å². The van der Waals surface area contributed by atoms with Gasteiger partial charge < -0.3 is 4.74 Å². The van der Waals surface area contributed by atoms with Crippen LogP contribution in [0, 0.1) is 0 Å². The third kappa shape index (κ3) is 5.53. The van der Waals surface area contributed by atoms with E-state index in [0.29, 0.717) is 0 Å². The molecule has 0 saturated carbocycles. The van der Waals surface area contributed by atoms with Crippen LogP contribution in [0.4, 0.5) is 4.79 Å². The zero-order valence-corrected chi connectivity index (χ0v) is 18.5. The summed E-state index contributed by atoms with van der Waals surface area (Å²) in [5.41, 5.74) is 2.68. The summed E-state index contributed by atoms with van der Waals surface area (Å²) in [5, 5.41) is 1.14. The molecule has 0 bridgehead atoms. The van der Waals surface area contributed by atoms with Gasteiger partial charge in [0.1, 0.15) is 12.6 Å². The quantitative estimate of drug-likeness (QED) is 0.493. The van der Waals surface area contributed by atoms with Crippen LogP contribution < -0.4 is 0 Å². The predicted octanol–water partition coefficient (Wildman–Crippen LogP) is 4.48. The Kier molecular flexibility index (Phi) is 8.00. The molecule has 166 valence electrons. The van der Waals surface area contributed by atoms with Crippen LogP contribution in [0.15, 0.2) is 91.0 Å². The molecule has 6 heteroatoms. The SMILES string of the molecule is CON(C)C(=O)[C@H](C(c1ccccc1)c1ccccc1)N(C)C(=O)OCc1ccccc1. The number of carbonyl (C=O) groups is 2. The van der Waals surface area contributed by atoms with E-state index in [0.717, 1.165) is 21.8 Å². The van der Waals surface area contributed by atoms with E-state index in [1.807, 2.05) is 91.0 Å². The normalized spacial score (nSPS) is 11.6. The Morgan fingerprint density at radius 1 is 0.781 bits per heavy atom. The van der Waals surface area contributed by atoms with E-state index in [1.165, 1.54) is 19.1 Å². The molecule has 0 radical (unpaired) electrons. The van der Waals surface area contributed by atoms with Crippen molar-refractivity contribution in [1.82, 2.24) is 9.96 Å². The zero-order chi connectivity index (χ0) is 22.9. The molecule has 0 aliphatic carbocycles. The molecule has 1 atom stereocenters. The van der Waals surface area contributed by atoms with Gasteiger partial charge in [-0.15, -0.1) is 0 Å². The number of benzene rings is 3. The Morgan fingerprint density at radius 3 is 1.72 bits per heavy atom. The standard InChI is InChI=1S/C26H28N2O4/c1-27(26(30)32-19-20-13-7-4-8-14-20)24(25(29)28(2)31-3)23(21-15-9-5-10-16-21)22-17-11-6-12-18-22/h4-18,23-24H,19H2,1-3H3/t24-/m0/s1. The third-order valence-corrected chi connectivity index (χ3v) is 5.38. The highest BCUT2D eigenvalue weighted by atomic mass is 16.7.